The zero-order valence-corrected chi connectivity index (χ0v) is 17.0. The highest BCUT2D eigenvalue weighted by Gasteiger charge is 2.35. The molecule has 0 saturated carbocycles. The summed E-state index contributed by atoms with van der Waals surface area (Å²) in [5.74, 6) is 0.449. The number of hydrogen-bond acceptors (Lipinski definition) is 5. The maximum atomic E-state index is 13.1. The fraction of sp³-hybridized carbons (Fsp3) is 0.368. The van der Waals surface area contributed by atoms with Gasteiger partial charge in [-0.1, -0.05) is 25.1 Å². The van der Waals surface area contributed by atoms with Gasteiger partial charge in [-0.25, -0.2) is 16.8 Å². The molecule has 6 nitrogen and oxygen atoms in total. The minimum absolute atomic E-state index is 0.0405. The summed E-state index contributed by atoms with van der Waals surface area (Å²) in [6, 6.07) is 13.5. The van der Waals surface area contributed by atoms with Crippen LogP contribution in [0.15, 0.2) is 53.4 Å². The highest BCUT2D eigenvalue weighted by molar-refractivity contribution is 7.93. The van der Waals surface area contributed by atoms with Gasteiger partial charge in [0, 0.05) is 11.8 Å². The van der Waals surface area contributed by atoms with Gasteiger partial charge >= 0.3 is 0 Å². The predicted octanol–water partition coefficient (Wildman–Crippen LogP) is 2.64. The van der Waals surface area contributed by atoms with Gasteiger partial charge in [-0.3, -0.25) is 4.31 Å². The number of sulfonamides is 1. The van der Waals surface area contributed by atoms with Crippen LogP contribution in [0.2, 0.25) is 0 Å². The number of rotatable bonds is 7. The van der Waals surface area contributed by atoms with Crippen molar-refractivity contribution in [2.24, 2.45) is 0 Å². The molecule has 3 rings (SSSR count). The molecular weight excluding hydrogens is 386 g/mol. The van der Waals surface area contributed by atoms with Gasteiger partial charge in [-0.15, -0.1) is 0 Å². The summed E-state index contributed by atoms with van der Waals surface area (Å²) in [5, 5.41) is 0. The molecule has 146 valence electrons. The van der Waals surface area contributed by atoms with Gasteiger partial charge in [0.05, 0.1) is 16.3 Å². The molecule has 2 aromatic rings. The summed E-state index contributed by atoms with van der Waals surface area (Å²) in [5.41, 5.74) is 1.74. The average molecular weight is 410 g/mol. The van der Waals surface area contributed by atoms with E-state index in [0.717, 1.165) is 11.3 Å². The highest BCUT2D eigenvalue weighted by Crippen LogP contribution is 2.36. The van der Waals surface area contributed by atoms with Crippen molar-refractivity contribution in [2.75, 3.05) is 22.4 Å². The molecule has 27 heavy (non-hydrogen) atoms. The number of benzene rings is 2. The number of fused-ring (bicyclic) bond motifs is 1. The number of anilines is 1. The largest absolute Gasteiger partial charge is 0.493 e. The Labute approximate surface area is 160 Å². The fourth-order valence-electron chi connectivity index (χ4n) is 3.16. The Balaban J connectivity index is 1.77. The Bertz CT molecular complexity index is 1010. The molecule has 0 radical (unpaired) electrons. The van der Waals surface area contributed by atoms with E-state index in [-0.39, 0.29) is 29.0 Å². The van der Waals surface area contributed by atoms with Crippen LogP contribution in [0.1, 0.15) is 19.4 Å². The molecule has 0 saturated heterocycles. The van der Waals surface area contributed by atoms with Crippen LogP contribution in [0.25, 0.3) is 0 Å². The third-order valence-corrected chi connectivity index (χ3v) is 8.24. The van der Waals surface area contributed by atoms with Crippen molar-refractivity contribution < 1.29 is 21.6 Å². The molecule has 2 aromatic carbocycles. The molecule has 0 aliphatic carbocycles. The summed E-state index contributed by atoms with van der Waals surface area (Å²) in [6.45, 7) is 3.52. The van der Waals surface area contributed by atoms with Gasteiger partial charge in [0.25, 0.3) is 10.0 Å². The molecule has 0 bridgehead atoms. The van der Waals surface area contributed by atoms with Crippen molar-refractivity contribution in [1.29, 1.82) is 0 Å². The average Bonchev–Trinajstić information content (AvgIpc) is 2.98. The van der Waals surface area contributed by atoms with Crippen LogP contribution in [0.3, 0.4) is 0 Å². The SMILES string of the molecule is CCS(=O)(=O)CCOc1ccc(S(=O)(=O)N2c3ccccc3CC2C)cc1. The Hall–Kier alpha value is -2.06. The summed E-state index contributed by atoms with van der Waals surface area (Å²) < 4.78 is 56.1. The predicted molar refractivity (Wildman–Crippen MR) is 106 cm³/mol. The first-order chi connectivity index (χ1) is 12.7. The van der Waals surface area contributed by atoms with Gasteiger partial charge in [-0.05, 0) is 49.2 Å². The lowest BCUT2D eigenvalue weighted by Gasteiger charge is -2.24. The second-order valence-electron chi connectivity index (χ2n) is 6.54. The second kappa shape index (κ2) is 7.52. The highest BCUT2D eigenvalue weighted by atomic mass is 32.2. The normalized spacial score (nSPS) is 17.0. The number of para-hydroxylation sites is 1. The molecule has 1 unspecified atom stereocenters. The Morgan fingerprint density at radius 2 is 1.70 bits per heavy atom. The monoisotopic (exact) mass is 409 g/mol. The lowest BCUT2D eigenvalue weighted by molar-refractivity contribution is 0.340. The topological polar surface area (TPSA) is 80.8 Å². The first kappa shape index (κ1) is 19.7. The molecule has 1 heterocycles. The minimum atomic E-state index is -3.68. The summed E-state index contributed by atoms with van der Waals surface area (Å²) in [4.78, 5) is 0.180. The third kappa shape index (κ3) is 4.11. The van der Waals surface area contributed by atoms with Crippen LogP contribution in [0.5, 0.6) is 5.75 Å². The van der Waals surface area contributed by atoms with Gasteiger partial charge in [-0.2, -0.15) is 0 Å². The zero-order valence-electron chi connectivity index (χ0n) is 15.3. The lowest BCUT2D eigenvalue weighted by atomic mass is 10.1. The number of hydrogen-bond donors (Lipinski definition) is 0. The Morgan fingerprint density at radius 1 is 1.04 bits per heavy atom. The van der Waals surface area contributed by atoms with Crippen molar-refractivity contribution in [3.05, 3.63) is 54.1 Å². The summed E-state index contributed by atoms with van der Waals surface area (Å²) >= 11 is 0. The summed E-state index contributed by atoms with van der Waals surface area (Å²) in [6.07, 6.45) is 0.683. The van der Waals surface area contributed by atoms with Crippen molar-refractivity contribution in [3.63, 3.8) is 0 Å². The van der Waals surface area contributed by atoms with Crippen LogP contribution in [-0.2, 0) is 26.3 Å². The van der Waals surface area contributed by atoms with Crippen LogP contribution in [0, 0.1) is 0 Å². The molecule has 0 fully saturated rings. The van der Waals surface area contributed by atoms with Crippen molar-refractivity contribution in [2.45, 2.75) is 31.2 Å². The van der Waals surface area contributed by atoms with Gasteiger partial charge < -0.3 is 4.74 Å². The Kier molecular flexibility index (Phi) is 5.48. The third-order valence-electron chi connectivity index (χ3n) is 4.63. The quantitative estimate of drug-likeness (QED) is 0.702. The molecular formula is C19H23NO5S2. The van der Waals surface area contributed by atoms with Gasteiger partial charge in [0.15, 0.2) is 9.84 Å². The van der Waals surface area contributed by atoms with Gasteiger partial charge in [0.1, 0.15) is 12.4 Å². The maximum absolute atomic E-state index is 13.1. The van der Waals surface area contributed by atoms with Crippen LogP contribution in [-0.4, -0.2) is 41.0 Å². The van der Waals surface area contributed by atoms with E-state index in [1.165, 1.54) is 16.4 Å². The van der Waals surface area contributed by atoms with Crippen LogP contribution in [0.4, 0.5) is 5.69 Å². The smallest absolute Gasteiger partial charge is 0.264 e. The minimum Gasteiger partial charge on any atom is -0.493 e. The molecule has 0 spiro atoms. The molecule has 0 aromatic heterocycles. The number of ether oxygens (including phenoxy) is 1. The zero-order chi connectivity index (χ0) is 19.7. The maximum Gasteiger partial charge on any atom is 0.264 e. The number of nitrogens with zero attached hydrogens (tertiary/aromatic N) is 1. The molecule has 1 aliphatic rings. The van der Waals surface area contributed by atoms with E-state index in [0.29, 0.717) is 12.2 Å². The van der Waals surface area contributed by atoms with E-state index in [2.05, 4.69) is 0 Å². The van der Waals surface area contributed by atoms with Crippen molar-refractivity contribution in [3.8, 4) is 5.75 Å². The molecule has 0 amide bonds. The van der Waals surface area contributed by atoms with Crippen molar-refractivity contribution >= 4 is 25.5 Å². The Morgan fingerprint density at radius 3 is 2.37 bits per heavy atom. The van der Waals surface area contributed by atoms with Crippen LogP contribution >= 0.6 is 0 Å². The summed E-state index contributed by atoms with van der Waals surface area (Å²) in [7, 11) is -6.78. The number of sulfone groups is 1. The van der Waals surface area contributed by atoms with Crippen molar-refractivity contribution in [1.82, 2.24) is 0 Å². The van der Waals surface area contributed by atoms with E-state index in [4.69, 9.17) is 4.74 Å². The second-order valence-corrected chi connectivity index (χ2v) is 10.8. The fourth-order valence-corrected chi connectivity index (χ4v) is 5.47. The lowest BCUT2D eigenvalue weighted by Crippen LogP contribution is -2.35. The van der Waals surface area contributed by atoms with Gasteiger partial charge in [0.2, 0.25) is 0 Å². The molecule has 1 atom stereocenters. The van der Waals surface area contributed by atoms with E-state index in [1.54, 1.807) is 19.1 Å². The van der Waals surface area contributed by atoms with E-state index in [9.17, 15) is 16.8 Å². The molecule has 1 aliphatic heterocycles. The molecule has 0 N–H and O–H groups in total. The first-order valence-electron chi connectivity index (χ1n) is 8.80. The van der Waals surface area contributed by atoms with Crippen LogP contribution < -0.4 is 9.04 Å². The van der Waals surface area contributed by atoms with E-state index < -0.39 is 19.9 Å². The first-order valence-corrected chi connectivity index (χ1v) is 12.1. The van der Waals surface area contributed by atoms with E-state index in [1.807, 2.05) is 31.2 Å². The molecule has 8 heteroatoms. The standard InChI is InChI=1S/C19H23NO5S2/c1-3-26(21,22)13-12-25-17-8-10-18(11-9-17)27(23,24)20-15(2)14-16-6-4-5-7-19(16)20/h4-11,15H,3,12-14H2,1-2H3. The van der Waals surface area contributed by atoms with E-state index >= 15 is 0 Å².